The molecule has 0 heterocycles. The van der Waals surface area contributed by atoms with Gasteiger partial charge >= 0.3 is 0 Å². The van der Waals surface area contributed by atoms with Crippen LogP contribution in [0.3, 0.4) is 0 Å². The summed E-state index contributed by atoms with van der Waals surface area (Å²) in [5, 5.41) is 8.74. The Kier molecular flexibility index (Phi) is 3.25. The van der Waals surface area contributed by atoms with Gasteiger partial charge in [0.15, 0.2) is 0 Å². The smallest absolute Gasteiger partial charge is 0.125 e. The van der Waals surface area contributed by atoms with Gasteiger partial charge in [-0.25, -0.2) is 4.39 Å². The Balaban J connectivity index is 3.13. The standard InChI is InChI=1S/C10H13FO2/c1-7-5-9(11)6-8(3-4-12)10(7)13-2/h5-6,12H,3-4H2,1-2H3. The highest BCUT2D eigenvalue weighted by Crippen LogP contribution is 2.24. The molecule has 1 N–H and O–H groups in total. The molecule has 0 spiro atoms. The molecule has 0 fully saturated rings. The van der Waals surface area contributed by atoms with Gasteiger partial charge in [-0.3, -0.25) is 0 Å². The summed E-state index contributed by atoms with van der Waals surface area (Å²) < 4.78 is 18.0. The second-order valence-electron chi connectivity index (χ2n) is 2.89. The highest BCUT2D eigenvalue weighted by Gasteiger charge is 2.07. The van der Waals surface area contributed by atoms with Crippen molar-refractivity contribution in [2.24, 2.45) is 0 Å². The topological polar surface area (TPSA) is 29.5 Å². The average Bonchev–Trinajstić information content (AvgIpc) is 2.04. The Morgan fingerprint density at radius 2 is 2.15 bits per heavy atom. The van der Waals surface area contributed by atoms with Crippen LogP contribution in [-0.2, 0) is 6.42 Å². The fourth-order valence-electron chi connectivity index (χ4n) is 1.40. The highest BCUT2D eigenvalue weighted by atomic mass is 19.1. The summed E-state index contributed by atoms with van der Waals surface area (Å²) >= 11 is 0. The molecule has 0 bridgehead atoms. The molecule has 0 saturated carbocycles. The van der Waals surface area contributed by atoms with E-state index < -0.39 is 0 Å². The molecule has 2 nitrogen and oxygen atoms in total. The first-order valence-electron chi connectivity index (χ1n) is 4.13. The molecule has 13 heavy (non-hydrogen) atoms. The normalized spacial score (nSPS) is 10.2. The van der Waals surface area contributed by atoms with Gasteiger partial charge in [0, 0.05) is 6.61 Å². The number of aryl methyl sites for hydroxylation is 1. The van der Waals surface area contributed by atoms with E-state index in [0.717, 1.165) is 5.56 Å². The monoisotopic (exact) mass is 184 g/mol. The number of ether oxygens (including phenoxy) is 1. The summed E-state index contributed by atoms with van der Waals surface area (Å²) in [5.74, 6) is 0.372. The number of methoxy groups -OCH3 is 1. The zero-order valence-electron chi connectivity index (χ0n) is 7.80. The largest absolute Gasteiger partial charge is 0.496 e. The SMILES string of the molecule is COc1c(C)cc(F)cc1CCO. The Labute approximate surface area is 77.0 Å². The molecule has 0 amide bonds. The maximum absolute atomic E-state index is 12.9. The molecular weight excluding hydrogens is 171 g/mol. The lowest BCUT2D eigenvalue weighted by Crippen LogP contribution is -1.98. The van der Waals surface area contributed by atoms with Crippen molar-refractivity contribution in [2.75, 3.05) is 13.7 Å². The number of hydrogen-bond acceptors (Lipinski definition) is 2. The molecule has 1 aromatic carbocycles. The molecule has 1 rings (SSSR count). The van der Waals surface area contributed by atoms with E-state index in [9.17, 15) is 4.39 Å². The molecule has 1 aromatic rings. The van der Waals surface area contributed by atoms with E-state index in [1.807, 2.05) is 0 Å². The second-order valence-corrected chi connectivity index (χ2v) is 2.89. The molecule has 0 radical (unpaired) electrons. The quantitative estimate of drug-likeness (QED) is 0.774. The van der Waals surface area contributed by atoms with Crippen LogP contribution in [-0.4, -0.2) is 18.8 Å². The molecule has 0 unspecified atom stereocenters. The first-order chi connectivity index (χ1) is 6.19. The molecule has 0 aliphatic carbocycles. The Morgan fingerprint density at radius 3 is 2.69 bits per heavy atom. The van der Waals surface area contributed by atoms with Gasteiger partial charge in [0.25, 0.3) is 0 Å². The van der Waals surface area contributed by atoms with Crippen molar-refractivity contribution in [3.63, 3.8) is 0 Å². The van der Waals surface area contributed by atoms with Crippen LogP contribution in [0.25, 0.3) is 0 Å². The molecule has 3 heteroatoms. The zero-order valence-corrected chi connectivity index (χ0v) is 7.80. The second kappa shape index (κ2) is 4.23. The minimum atomic E-state index is -0.290. The van der Waals surface area contributed by atoms with Gasteiger partial charge in [-0.05, 0) is 36.6 Å². The van der Waals surface area contributed by atoms with Crippen LogP contribution in [0.2, 0.25) is 0 Å². The number of rotatable bonds is 3. The third kappa shape index (κ3) is 2.18. The Morgan fingerprint density at radius 1 is 1.46 bits per heavy atom. The van der Waals surface area contributed by atoms with Crippen molar-refractivity contribution in [1.82, 2.24) is 0 Å². The third-order valence-electron chi connectivity index (χ3n) is 1.90. The van der Waals surface area contributed by atoms with Gasteiger partial charge < -0.3 is 9.84 Å². The van der Waals surface area contributed by atoms with Gasteiger partial charge in [0.05, 0.1) is 7.11 Å². The summed E-state index contributed by atoms with van der Waals surface area (Å²) in [7, 11) is 1.54. The average molecular weight is 184 g/mol. The fraction of sp³-hybridized carbons (Fsp3) is 0.400. The van der Waals surface area contributed by atoms with Crippen LogP contribution in [0.4, 0.5) is 4.39 Å². The van der Waals surface area contributed by atoms with Crippen molar-refractivity contribution in [3.05, 3.63) is 29.1 Å². The van der Waals surface area contributed by atoms with Gasteiger partial charge in [0.2, 0.25) is 0 Å². The van der Waals surface area contributed by atoms with Gasteiger partial charge in [0.1, 0.15) is 11.6 Å². The van der Waals surface area contributed by atoms with Crippen molar-refractivity contribution >= 4 is 0 Å². The van der Waals surface area contributed by atoms with Crippen LogP contribution in [0.1, 0.15) is 11.1 Å². The lowest BCUT2D eigenvalue weighted by Gasteiger charge is -2.10. The van der Waals surface area contributed by atoms with Crippen LogP contribution in [0.15, 0.2) is 12.1 Å². The Bertz CT molecular complexity index is 297. The predicted octanol–water partition coefficient (Wildman–Crippen LogP) is 1.68. The molecule has 0 atom stereocenters. The van der Waals surface area contributed by atoms with Gasteiger partial charge in [-0.2, -0.15) is 0 Å². The maximum atomic E-state index is 12.9. The predicted molar refractivity (Wildman–Crippen MR) is 48.5 cm³/mol. The van der Waals surface area contributed by atoms with E-state index in [-0.39, 0.29) is 12.4 Å². The van der Waals surface area contributed by atoms with E-state index in [0.29, 0.717) is 17.7 Å². The number of aliphatic hydroxyl groups excluding tert-OH is 1. The van der Waals surface area contributed by atoms with Crippen molar-refractivity contribution < 1.29 is 14.2 Å². The van der Waals surface area contributed by atoms with Crippen LogP contribution >= 0.6 is 0 Å². The minimum Gasteiger partial charge on any atom is -0.496 e. The summed E-state index contributed by atoms with van der Waals surface area (Å²) in [6.07, 6.45) is 0.418. The van der Waals surface area contributed by atoms with E-state index in [1.165, 1.54) is 12.1 Å². The maximum Gasteiger partial charge on any atom is 0.125 e. The first-order valence-corrected chi connectivity index (χ1v) is 4.13. The van der Waals surface area contributed by atoms with E-state index in [2.05, 4.69) is 0 Å². The first kappa shape index (κ1) is 9.99. The molecular formula is C10H13FO2. The lowest BCUT2D eigenvalue weighted by atomic mass is 10.1. The number of benzene rings is 1. The van der Waals surface area contributed by atoms with E-state index >= 15 is 0 Å². The summed E-state index contributed by atoms with van der Waals surface area (Å²) in [4.78, 5) is 0. The zero-order chi connectivity index (χ0) is 9.84. The summed E-state index contributed by atoms with van der Waals surface area (Å²) in [6, 6.07) is 2.81. The van der Waals surface area contributed by atoms with Gasteiger partial charge in [-0.15, -0.1) is 0 Å². The lowest BCUT2D eigenvalue weighted by molar-refractivity contribution is 0.296. The molecule has 72 valence electrons. The van der Waals surface area contributed by atoms with Gasteiger partial charge in [-0.1, -0.05) is 0 Å². The highest BCUT2D eigenvalue weighted by molar-refractivity contribution is 5.41. The summed E-state index contributed by atoms with van der Waals surface area (Å²) in [5.41, 5.74) is 1.47. The molecule has 0 aliphatic heterocycles. The fourth-order valence-corrected chi connectivity index (χ4v) is 1.40. The Hall–Kier alpha value is -1.09. The van der Waals surface area contributed by atoms with Crippen LogP contribution in [0.5, 0.6) is 5.75 Å². The molecule has 0 aliphatic rings. The summed E-state index contributed by atoms with van der Waals surface area (Å²) in [6.45, 7) is 1.78. The van der Waals surface area contributed by atoms with E-state index in [1.54, 1.807) is 14.0 Å². The molecule has 0 aromatic heterocycles. The minimum absolute atomic E-state index is 0.000741. The van der Waals surface area contributed by atoms with Crippen molar-refractivity contribution in [1.29, 1.82) is 0 Å². The van der Waals surface area contributed by atoms with Crippen molar-refractivity contribution in [2.45, 2.75) is 13.3 Å². The number of halogens is 1. The van der Waals surface area contributed by atoms with Crippen molar-refractivity contribution in [3.8, 4) is 5.75 Å². The molecule has 0 saturated heterocycles. The third-order valence-corrected chi connectivity index (χ3v) is 1.90. The number of hydrogen-bond donors (Lipinski definition) is 1. The van der Waals surface area contributed by atoms with Crippen LogP contribution < -0.4 is 4.74 Å². The van der Waals surface area contributed by atoms with E-state index in [4.69, 9.17) is 9.84 Å². The number of aliphatic hydroxyl groups is 1. The van der Waals surface area contributed by atoms with Crippen LogP contribution in [0, 0.1) is 12.7 Å².